The highest BCUT2D eigenvalue weighted by molar-refractivity contribution is 9.10. The minimum Gasteiger partial charge on any atom is -0.350 e. The number of rotatable bonds is 1. The van der Waals surface area contributed by atoms with Crippen LogP contribution in [0.5, 0.6) is 0 Å². The number of nitrogens with two attached hydrogens (primary N) is 1. The molecule has 0 saturated heterocycles. The second-order valence-corrected chi connectivity index (χ2v) is 4.24. The van der Waals surface area contributed by atoms with Crippen molar-refractivity contribution in [2.75, 3.05) is 4.31 Å². The van der Waals surface area contributed by atoms with Crippen LogP contribution in [0.2, 0.25) is 0 Å². The number of halogens is 1. The van der Waals surface area contributed by atoms with Crippen LogP contribution in [0.3, 0.4) is 0 Å². The molecule has 0 heterocycles. The average molecular weight is 275 g/mol. The smallest absolute Gasteiger partial charge is 0.329 e. The minimum atomic E-state index is -0.588. The van der Waals surface area contributed by atoms with Crippen molar-refractivity contribution in [1.29, 1.82) is 0 Å². The summed E-state index contributed by atoms with van der Waals surface area (Å²) in [5.41, 5.74) is 7.87. The van der Waals surface area contributed by atoms with Gasteiger partial charge in [-0.2, -0.15) is 0 Å². The maximum absolute atomic E-state index is 10.9. The van der Waals surface area contributed by atoms with Gasteiger partial charge in [0, 0.05) is 4.47 Å². The third kappa shape index (κ3) is 2.22. The molecule has 0 aliphatic heterocycles. The molecule has 0 bridgehead atoms. The van der Waals surface area contributed by atoms with Crippen molar-refractivity contribution in [2.24, 2.45) is 5.73 Å². The minimum absolute atomic E-state index is 0.588. The summed E-state index contributed by atoms with van der Waals surface area (Å²) < 4.78 is 2.15. The number of thiol groups is 1. The van der Waals surface area contributed by atoms with E-state index in [4.69, 9.17) is 5.73 Å². The van der Waals surface area contributed by atoms with Gasteiger partial charge in [-0.15, -0.1) is 0 Å². The van der Waals surface area contributed by atoms with Crippen molar-refractivity contribution in [1.82, 2.24) is 0 Å². The van der Waals surface area contributed by atoms with Crippen LogP contribution in [0.15, 0.2) is 16.6 Å². The van der Waals surface area contributed by atoms with E-state index in [2.05, 4.69) is 28.7 Å². The molecule has 0 aromatic heterocycles. The first-order chi connectivity index (χ1) is 6.43. The van der Waals surface area contributed by atoms with Gasteiger partial charge in [0.1, 0.15) is 0 Å². The van der Waals surface area contributed by atoms with Crippen LogP contribution < -0.4 is 10.0 Å². The Hall–Kier alpha value is -0.680. The highest BCUT2D eigenvalue weighted by Gasteiger charge is 2.10. The van der Waals surface area contributed by atoms with Gasteiger partial charge in [0.2, 0.25) is 0 Å². The van der Waals surface area contributed by atoms with Crippen LogP contribution in [0, 0.1) is 13.8 Å². The van der Waals surface area contributed by atoms with E-state index in [0.717, 1.165) is 19.9 Å². The molecule has 0 aliphatic carbocycles. The van der Waals surface area contributed by atoms with Crippen LogP contribution in [0.4, 0.5) is 10.5 Å². The number of amides is 2. The Morgan fingerprint density at radius 3 is 2.21 bits per heavy atom. The summed E-state index contributed by atoms with van der Waals surface area (Å²) in [6.45, 7) is 3.90. The first-order valence-electron chi connectivity index (χ1n) is 3.98. The van der Waals surface area contributed by atoms with Gasteiger partial charge >= 0.3 is 6.03 Å². The maximum atomic E-state index is 10.9. The number of primary amides is 1. The fourth-order valence-corrected chi connectivity index (χ4v) is 1.52. The van der Waals surface area contributed by atoms with E-state index in [0.29, 0.717) is 5.69 Å². The molecule has 0 saturated carbocycles. The van der Waals surface area contributed by atoms with E-state index in [-0.39, 0.29) is 0 Å². The molecule has 0 radical (unpaired) electrons. The van der Waals surface area contributed by atoms with Crippen LogP contribution in [0.1, 0.15) is 11.1 Å². The predicted octanol–water partition coefficient (Wildman–Crippen LogP) is 2.80. The number of hydrogen-bond acceptors (Lipinski definition) is 2. The van der Waals surface area contributed by atoms with Gasteiger partial charge in [0.05, 0.1) is 5.69 Å². The molecule has 14 heavy (non-hydrogen) atoms. The van der Waals surface area contributed by atoms with Crippen LogP contribution in [-0.4, -0.2) is 6.03 Å². The van der Waals surface area contributed by atoms with Gasteiger partial charge in [-0.3, -0.25) is 0 Å². The number of aryl methyl sites for hydroxylation is 2. The quantitative estimate of drug-likeness (QED) is 0.761. The Kier molecular flexibility index (Phi) is 3.44. The Balaban J connectivity index is 3.19. The molecule has 1 aromatic carbocycles. The van der Waals surface area contributed by atoms with E-state index >= 15 is 0 Å². The molecular weight excluding hydrogens is 264 g/mol. The van der Waals surface area contributed by atoms with Crippen molar-refractivity contribution in [2.45, 2.75) is 13.8 Å². The van der Waals surface area contributed by atoms with E-state index in [9.17, 15) is 4.79 Å². The molecule has 0 unspecified atom stereocenters. The molecule has 5 heteroatoms. The average Bonchev–Trinajstić information content (AvgIpc) is 2.12. The van der Waals surface area contributed by atoms with Gasteiger partial charge < -0.3 is 5.73 Å². The first-order valence-corrected chi connectivity index (χ1v) is 5.18. The first kappa shape index (κ1) is 11.4. The molecule has 3 nitrogen and oxygen atoms in total. The summed E-state index contributed by atoms with van der Waals surface area (Å²) in [6, 6.07) is 3.10. The summed E-state index contributed by atoms with van der Waals surface area (Å²) in [5.74, 6) is 0. The SMILES string of the molecule is Cc1cc(N(S)C(N)=O)cc(C)c1Br. The summed E-state index contributed by atoms with van der Waals surface area (Å²) in [7, 11) is 0. The topological polar surface area (TPSA) is 46.3 Å². The summed E-state index contributed by atoms with van der Waals surface area (Å²) >= 11 is 7.43. The van der Waals surface area contributed by atoms with Crippen molar-refractivity contribution >= 4 is 40.5 Å². The predicted molar refractivity (Wildman–Crippen MR) is 64.7 cm³/mol. The number of hydrogen-bond donors (Lipinski definition) is 2. The lowest BCUT2D eigenvalue weighted by Gasteiger charge is -2.15. The summed E-state index contributed by atoms with van der Waals surface area (Å²) in [4.78, 5) is 10.9. The number of anilines is 1. The zero-order valence-electron chi connectivity index (χ0n) is 7.91. The van der Waals surface area contributed by atoms with Gasteiger partial charge in [0.25, 0.3) is 0 Å². The van der Waals surface area contributed by atoms with Crippen molar-refractivity contribution in [3.63, 3.8) is 0 Å². The molecule has 0 spiro atoms. The van der Waals surface area contributed by atoms with Gasteiger partial charge in [-0.05, 0) is 37.1 Å². The molecule has 0 fully saturated rings. The highest BCUT2D eigenvalue weighted by atomic mass is 79.9. The molecule has 2 amide bonds. The lowest BCUT2D eigenvalue weighted by molar-refractivity contribution is 0.257. The number of urea groups is 1. The Morgan fingerprint density at radius 1 is 1.43 bits per heavy atom. The fraction of sp³-hybridized carbons (Fsp3) is 0.222. The standard InChI is InChI=1S/C9H11BrN2OS/c1-5-3-7(12(14)9(11)13)4-6(2)8(5)10/h3-4,14H,1-2H3,(H2,11,13). The molecule has 2 N–H and O–H groups in total. The molecule has 0 aliphatic rings. The lowest BCUT2D eigenvalue weighted by atomic mass is 10.1. The third-order valence-corrected chi connectivity index (χ3v) is 3.55. The Morgan fingerprint density at radius 2 is 1.86 bits per heavy atom. The van der Waals surface area contributed by atoms with E-state index < -0.39 is 6.03 Å². The Bertz CT molecular complexity index is 358. The Labute approximate surface area is 96.9 Å². The van der Waals surface area contributed by atoms with Gasteiger partial charge in [-0.1, -0.05) is 28.7 Å². The van der Waals surface area contributed by atoms with Crippen molar-refractivity contribution < 1.29 is 4.79 Å². The molecular formula is C9H11BrN2OS. The highest BCUT2D eigenvalue weighted by Crippen LogP contribution is 2.27. The number of carbonyl (C=O) groups is 1. The second kappa shape index (κ2) is 4.23. The molecule has 1 aromatic rings. The number of benzene rings is 1. The molecule has 1 rings (SSSR count). The number of carbonyl (C=O) groups excluding carboxylic acids is 1. The second-order valence-electron chi connectivity index (χ2n) is 3.04. The fourth-order valence-electron chi connectivity index (χ4n) is 1.17. The van der Waals surface area contributed by atoms with E-state index in [1.165, 1.54) is 0 Å². The van der Waals surface area contributed by atoms with Crippen LogP contribution in [-0.2, 0) is 0 Å². The van der Waals surface area contributed by atoms with E-state index in [1.807, 2.05) is 26.0 Å². The zero-order valence-corrected chi connectivity index (χ0v) is 10.4. The summed E-state index contributed by atoms with van der Waals surface area (Å²) in [6.07, 6.45) is 0. The maximum Gasteiger partial charge on any atom is 0.329 e. The monoisotopic (exact) mass is 274 g/mol. The van der Waals surface area contributed by atoms with Crippen LogP contribution in [0.25, 0.3) is 0 Å². The summed E-state index contributed by atoms with van der Waals surface area (Å²) in [5, 5.41) is 0. The third-order valence-electron chi connectivity index (χ3n) is 1.87. The molecule has 0 atom stereocenters. The molecule has 76 valence electrons. The lowest BCUT2D eigenvalue weighted by Crippen LogP contribution is -2.27. The van der Waals surface area contributed by atoms with E-state index in [1.54, 1.807) is 0 Å². The zero-order chi connectivity index (χ0) is 10.9. The van der Waals surface area contributed by atoms with Gasteiger partial charge in [0.15, 0.2) is 0 Å². The van der Waals surface area contributed by atoms with Crippen molar-refractivity contribution in [3.8, 4) is 0 Å². The normalized spacial score (nSPS) is 10.0. The van der Waals surface area contributed by atoms with Crippen LogP contribution >= 0.6 is 28.7 Å². The number of nitrogens with zero attached hydrogens (tertiary/aromatic N) is 1. The van der Waals surface area contributed by atoms with Gasteiger partial charge in [-0.25, -0.2) is 9.10 Å². The van der Waals surface area contributed by atoms with Crippen molar-refractivity contribution in [3.05, 3.63) is 27.7 Å². The largest absolute Gasteiger partial charge is 0.350 e.